The monoisotopic (exact) mass is 283 g/mol. The smallest absolute Gasteiger partial charge is 0.325 e. The molecule has 0 aliphatic carbocycles. The number of phenols is 1. The standard InChI is InChI=1S/C10H9N3O5S/c14-7-3-1-6(2-4-7)13-19(17,18)8-5-11-10(16)12-9(8)15/h1-5,13-14H,(H2,11,12,15,16). The predicted molar refractivity (Wildman–Crippen MR) is 66.6 cm³/mol. The van der Waals surface area contributed by atoms with Gasteiger partial charge in [0.15, 0.2) is 4.90 Å². The van der Waals surface area contributed by atoms with Gasteiger partial charge in [0.2, 0.25) is 0 Å². The Morgan fingerprint density at radius 3 is 2.32 bits per heavy atom. The highest BCUT2D eigenvalue weighted by atomic mass is 32.2. The molecule has 0 radical (unpaired) electrons. The van der Waals surface area contributed by atoms with E-state index in [0.717, 1.165) is 6.20 Å². The molecule has 1 heterocycles. The summed E-state index contributed by atoms with van der Waals surface area (Å²) in [6.45, 7) is 0. The van der Waals surface area contributed by atoms with Gasteiger partial charge in [-0.3, -0.25) is 14.5 Å². The van der Waals surface area contributed by atoms with E-state index in [1.807, 2.05) is 4.98 Å². The number of sulfonamides is 1. The minimum absolute atomic E-state index is 0.0233. The molecule has 0 amide bonds. The van der Waals surface area contributed by atoms with Crippen LogP contribution < -0.4 is 16.0 Å². The molecular formula is C10H9N3O5S. The van der Waals surface area contributed by atoms with Crippen molar-refractivity contribution in [2.75, 3.05) is 4.72 Å². The minimum Gasteiger partial charge on any atom is -0.508 e. The van der Waals surface area contributed by atoms with Gasteiger partial charge in [0.1, 0.15) is 5.75 Å². The summed E-state index contributed by atoms with van der Waals surface area (Å²) in [6.07, 6.45) is 0.809. The molecule has 0 atom stereocenters. The summed E-state index contributed by atoms with van der Waals surface area (Å²) in [5, 5.41) is 9.07. The van der Waals surface area contributed by atoms with E-state index in [-0.39, 0.29) is 11.4 Å². The van der Waals surface area contributed by atoms with E-state index in [1.54, 1.807) is 0 Å². The van der Waals surface area contributed by atoms with Crippen molar-refractivity contribution in [1.29, 1.82) is 0 Å². The Bertz CT molecular complexity index is 804. The molecule has 0 aliphatic heterocycles. The summed E-state index contributed by atoms with van der Waals surface area (Å²) < 4.78 is 25.9. The van der Waals surface area contributed by atoms with Gasteiger partial charge in [-0.25, -0.2) is 13.2 Å². The van der Waals surface area contributed by atoms with E-state index >= 15 is 0 Å². The molecule has 100 valence electrons. The van der Waals surface area contributed by atoms with Gasteiger partial charge in [-0.05, 0) is 24.3 Å². The zero-order chi connectivity index (χ0) is 14.0. The molecule has 0 saturated heterocycles. The van der Waals surface area contributed by atoms with E-state index in [0.29, 0.717) is 0 Å². The molecule has 1 aromatic heterocycles. The second-order valence-corrected chi connectivity index (χ2v) is 5.24. The molecule has 19 heavy (non-hydrogen) atoms. The number of aromatic hydroxyl groups is 1. The molecule has 0 fully saturated rings. The maximum absolute atomic E-state index is 11.9. The molecule has 0 aliphatic rings. The van der Waals surface area contributed by atoms with Crippen molar-refractivity contribution in [2.45, 2.75) is 4.90 Å². The Kier molecular flexibility index (Phi) is 3.13. The van der Waals surface area contributed by atoms with Crippen LogP contribution in [0.15, 0.2) is 44.9 Å². The zero-order valence-electron chi connectivity index (χ0n) is 9.38. The number of rotatable bonds is 3. The van der Waals surface area contributed by atoms with Gasteiger partial charge >= 0.3 is 5.69 Å². The van der Waals surface area contributed by atoms with E-state index in [4.69, 9.17) is 5.11 Å². The fraction of sp³-hybridized carbons (Fsp3) is 0. The Hall–Kier alpha value is -2.55. The maximum atomic E-state index is 11.9. The van der Waals surface area contributed by atoms with Crippen LogP contribution in [-0.2, 0) is 10.0 Å². The van der Waals surface area contributed by atoms with Crippen LogP contribution in [0.25, 0.3) is 0 Å². The number of benzene rings is 1. The second-order valence-electron chi connectivity index (χ2n) is 3.59. The number of aromatic amines is 2. The zero-order valence-corrected chi connectivity index (χ0v) is 10.2. The van der Waals surface area contributed by atoms with Crippen molar-refractivity contribution in [3.05, 3.63) is 51.3 Å². The van der Waals surface area contributed by atoms with E-state index in [9.17, 15) is 18.0 Å². The van der Waals surface area contributed by atoms with Crippen LogP contribution in [0.5, 0.6) is 5.75 Å². The highest BCUT2D eigenvalue weighted by Gasteiger charge is 2.18. The third-order valence-electron chi connectivity index (χ3n) is 2.19. The molecule has 0 spiro atoms. The quantitative estimate of drug-likeness (QED) is 0.567. The number of nitrogens with one attached hydrogen (secondary N) is 3. The molecule has 0 saturated carbocycles. The number of hydrogen-bond donors (Lipinski definition) is 4. The van der Waals surface area contributed by atoms with Gasteiger partial charge in [-0.1, -0.05) is 0 Å². The summed E-state index contributed by atoms with van der Waals surface area (Å²) >= 11 is 0. The van der Waals surface area contributed by atoms with Crippen LogP contribution in [0, 0.1) is 0 Å². The average Bonchev–Trinajstić information content (AvgIpc) is 2.31. The van der Waals surface area contributed by atoms with Crippen LogP contribution in [0.1, 0.15) is 0 Å². The van der Waals surface area contributed by atoms with Crippen molar-refractivity contribution in [2.24, 2.45) is 0 Å². The van der Waals surface area contributed by atoms with Gasteiger partial charge in [0.25, 0.3) is 15.6 Å². The lowest BCUT2D eigenvalue weighted by Gasteiger charge is -2.06. The maximum Gasteiger partial charge on any atom is 0.325 e. The van der Waals surface area contributed by atoms with Gasteiger partial charge in [-0.15, -0.1) is 0 Å². The summed E-state index contributed by atoms with van der Waals surface area (Å²) in [5.41, 5.74) is -1.65. The SMILES string of the molecule is O=c1[nH]cc(S(=O)(=O)Nc2ccc(O)cc2)c(=O)[nH]1. The molecule has 2 aromatic rings. The number of anilines is 1. The van der Waals surface area contributed by atoms with Crippen LogP contribution >= 0.6 is 0 Å². The molecule has 0 unspecified atom stereocenters. The summed E-state index contributed by atoms with van der Waals surface area (Å²) in [6, 6.07) is 5.23. The first-order valence-electron chi connectivity index (χ1n) is 5.02. The Morgan fingerprint density at radius 1 is 1.11 bits per heavy atom. The van der Waals surface area contributed by atoms with E-state index in [1.165, 1.54) is 24.3 Å². The van der Waals surface area contributed by atoms with Gasteiger partial charge in [0.05, 0.1) is 0 Å². The van der Waals surface area contributed by atoms with Crippen molar-refractivity contribution in [3.63, 3.8) is 0 Å². The predicted octanol–water partition coefficient (Wildman–Crippen LogP) is -0.430. The number of H-pyrrole nitrogens is 2. The third kappa shape index (κ3) is 2.83. The first-order valence-corrected chi connectivity index (χ1v) is 6.51. The molecular weight excluding hydrogens is 274 g/mol. The Labute approximate surface area is 106 Å². The van der Waals surface area contributed by atoms with Crippen molar-refractivity contribution in [3.8, 4) is 5.75 Å². The summed E-state index contributed by atoms with van der Waals surface area (Å²) in [4.78, 5) is 25.5. The number of aromatic nitrogens is 2. The fourth-order valence-corrected chi connectivity index (χ4v) is 2.40. The first-order chi connectivity index (χ1) is 8.88. The highest BCUT2D eigenvalue weighted by Crippen LogP contribution is 2.16. The van der Waals surface area contributed by atoms with Crippen LogP contribution in [0.3, 0.4) is 0 Å². The van der Waals surface area contributed by atoms with E-state index in [2.05, 4.69) is 9.71 Å². The molecule has 2 rings (SSSR count). The summed E-state index contributed by atoms with van der Waals surface area (Å²) in [5.74, 6) is -0.0233. The lowest BCUT2D eigenvalue weighted by atomic mass is 10.3. The Balaban J connectivity index is 2.40. The van der Waals surface area contributed by atoms with E-state index < -0.39 is 26.2 Å². The number of phenolic OH excluding ortho intramolecular Hbond substituents is 1. The third-order valence-corrected chi connectivity index (χ3v) is 3.58. The number of hydrogen-bond acceptors (Lipinski definition) is 5. The van der Waals surface area contributed by atoms with Gasteiger partial charge in [0, 0.05) is 11.9 Å². The lowest BCUT2D eigenvalue weighted by Crippen LogP contribution is -2.29. The largest absolute Gasteiger partial charge is 0.508 e. The first kappa shape index (κ1) is 12.9. The molecule has 8 nitrogen and oxygen atoms in total. The van der Waals surface area contributed by atoms with Gasteiger partial charge < -0.3 is 10.1 Å². The molecule has 1 aromatic carbocycles. The normalized spacial score (nSPS) is 11.2. The van der Waals surface area contributed by atoms with Crippen LogP contribution in [0.2, 0.25) is 0 Å². The lowest BCUT2D eigenvalue weighted by molar-refractivity contribution is 0.475. The second kappa shape index (κ2) is 4.61. The van der Waals surface area contributed by atoms with Gasteiger partial charge in [-0.2, -0.15) is 0 Å². The molecule has 0 bridgehead atoms. The van der Waals surface area contributed by atoms with Crippen molar-refractivity contribution < 1.29 is 13.5 Å². The summed E-state index contributed by atoms with van der Waals surface area (Å²) in [7, 11) is -4.12. The molecule has 9 heteroatoms. The van der Waals surface area contributed by atoms with Crippen LogP contribution in [0.4, 0.5) is 5.69 Å². The molecule has 4 N–H and O–H groups in total. The Morgan fingerprint density at radius 2 is 1.74 bits per heavy atom. The minimum atomic E-state index is -4.12. The highest BCUT2D eigenvalue weighted by molar-refractivity contribution is 7.92. The average molecular weight is 283 g/mol. The van der Waals surface area contributed by atoms with Crippen LogP contribution in [-0.4, -0.2) is 23.5 Å². The fourth-order valence-electron chi connectivity index (χ4n) is 1.34. The topological polar surface area (TPSA) is 132 Å². The van der Waals surface area contributed by atoms with Crippen molar-refractivity contribution in [1.82, 2.24) is 9.97 Å². The van der Waals surface area contributed by atoms with Crippen molar-refractivity contribution >= 4 is 15.7 Å².